The van der Waals surface area contributed by atoms with Crippen molar-refractivity contribution in [1.82, 2.24) is 10.2 Å². The van der Waals surface area contributed by atoms with Crippen molar-refractivity contribution in [2.45, 2.75) is 0 Å². The molecule has 0 atom stereocenters. The first-order valence-electron chi connectivity index (χ1n) is 7.19. The standard InChI is InChI=1S/C16H11N3O5/c20-19(21)12-4-1-10(2-5-12)15-17-18-16(24-15)11-3-6-13-14(9-11)23-8-7-22-13/h1-6,9H,7-8H2. The van der Waals surface area contributed by atoms with E-state index in [2.05, 4.69) is 10.2 Å². The fourth-order valence-corrected chi connectivity index (χ4v) is 2.36. The lowest BCUT2D eigenvalue weighted by Gasteiger charge is -2.18. The van der Waals surface area contributed by atoms with Gasteiger partial charge in [-0.15, -0.1) is 10.2 Å². The van der Waals surface area contributed by atoms with Gasteiger partial charge in [-0.25, -0.2) is 0 Å². The number of benzene rings is 2. The minimum absolute atomic E-state index is 0.00493. The van der Waals surface area contributed by atoms with E-state index in [4.69, 9.17) is 13.9 Å². The lowest BCUT2D eigenvalue weighted by molar-refractivity contribution is -0.384. The van der Waals surface area contributed by atoms with Crippen molar-refractivity contribution in [3.05, 3.63) is 52.6 Å². The van der Waals surface area contributed by atoms with Crippen molar-refractivity contribution in [3.8, 4) is 34.4 Å². The van der Waals surface area contributed by atoms with Crippen molar-refractivity contribution in [3.63, 3.8) is 0 Å². The van der Waals surface area contributed by atoms with Crippen LogP contribution in [0, 0.1) is 10.1 Å². The Morgan fingerprint density at radius 3 is 2.21 bits per heavy atom. The number of fused-ring (bicyclic) bond motifs is 1. The summed E-state index contributed by atoms with van der Waals surface area (Å²) in [4.78, 5) is 10.2. The van der Waals surface area contributed by atoms with Gasteiger partial charge in [0, 0.05) is 23.3 Å². The SMILES string of the molecule is O=[N+]([O-])c1ccc(-c2nnc(-c3ccc4c(c3)OCCO4)o2)cc1. The molecule has 0 saturated carbocycles. The van der Waals surface area contributed by atoms with Crippen LogP contribution in [0.2, 0.25) is 0 Å². The van der Waals surface area contributed by atoms with E-state index in [1.54, 1.807) is 30.3 Å². The molecule has 0 N–H and O–H groups in total. The molecule has 0 radical (unpaired) electrons. The second-order valence-corrected chi connectivity index (χ2v) is 5.07. The van der Waals surface area contributed by atoms with Crippen LogP contribution in [0.3, 0.4) is 0 Å². The zero-order valence-corrected chi connectivity index (χ0v) is 12.3. The first-order chi connectivity index (χ1) is 11.7. The van der Waals surface area contributed by atoms with Crippen LogP contribution < -0.4 is 9.47 Å². The number of hydrogen-bond acceptors (Lipinski definition) is 7. The summed E-state index contributed by atoms with van der Waals surface area (Å²) in [6.07, 6.45) is 0. The molecule has 120 valence electrons. The highest BCUT2D eigenvalue weighted by Crippen LogP contribution is 2.34. The number of nitro groups is 1. The van der Waals surface area contributed by atoms with E-state index >= 15 is 0 Å². The molecule has 1 aromatic heterocycles. The van der Waals surface area contributed by atoms with Gasteiger partial charge in [0.2, 0.25) is 11.8 Å². The second-order valence-electron chi connectivity index (χ2n) is 5.07. The van der Waals surface area contributed by atoms with Crippen LogP contribution in [-0.4, -0.2) is 28.3 Å². The van der Waals surface area contributed by atoms with Crippen LogP contribution in [0.5, 0.6) is 11.5 Å². The van der Waals surface area contributed by atoms with Crippen LogP contribution in [0.1, 0.15) is 0 Å². The van der Waals surface area contributed by atoms with Gasteiger partial charge < -0.3 is 13.9 Å². The lowest BCUT2D eigenvalue weighted by Crippen LogP contribution is -2.15. The van der Waals surface area contributed by atoms with Gasteiger partial charge in [0.15, 0.2) is 11.5 Å². The van der Waals surface area contributed by atoms with Crippen molar-refractivity contribution in [1.29, 1.82) is 0 Å². The fourth-order valence-electron chi connectivity index (χ4n) is 2.36. The Balaban J connectivity index is 1.64. The monoisotopic (exact) mass is 325 g/mol. The van der Waals surface area contributed by atoms with Crippen LogP contribution in [-0.2, 0) is 0 Å². The lowest BCUT2D eigenvalue weighted by atomic mass is 10.2. The number of aromatic nitrogens is 2. The van der Waals surface area contributed by atoms with Crippen molar-refractivity contribution in [2.24, 2.45) is 0 Å². The predicted molar refractivity (Wildman–Crippen MR) is 82.8 cm³/mol. The van der Waals surface area contributed by atoms with Gasteiger partial charge >= 0.3 is 0 Å². The summed E-state index contributed by atoms with van der Waals surface area (Å²) in [5, 5.41) is 18.7. The predicted octanol–water partition coefficient (Wildman–Crippen LogP) is 3.08. The summed E-state index contributed by atoms with van der Waals surface area (Å²) in [7, 11) is 0. The van der Waals surface area contributed by atoms with Gasteiger partial charge in [0.25, 0.3) is 5.69 Å². The van der Waals surface area contributed by atoms with E-state index in [0.29, 0.717) is 41.7 Å². The van der Waals surface area contributed by atoms with Crippen LogP contribution in [0.4, 0.5) is 5.69 Å². The molecule has 2 heterocycles. The first-order valence-corrected chi connectivity index (χ1v) is 7.19. The summed E-state index contributed by atoms with van der Waals surface area (Å²) in [5.74, 6) is 1.93. The number of nitrogens with zero attached hydrogens (tertiary/aromatic N) is 3. The Morgan fingerprint density at radius 1 is 0.875 bits per heavy atom. The molecule has 0 aliphatic carbocycles. The van der Waals surface area contributed by atoms with Crippen molar-refractivity contribution in [2.75, 3.05) is 13.2 Å². The Morgan fingerprint density at radius 2 is 1.50 bits per heavy atom. The van der Waals surface area contributed by atoms with Gasteiger partial charge in [0.1, 0.15) is 13.2 Å². The molecule has 3 aromatic rings. The fraction of sp³-hybridized carbons (Fsp3) is 0.125. The molecule has 0 unspecified atom stereocenters. The smallest absolute Gasteiger partial charge is 0.269 e. The van der Waals surface area contributed by atoms with Crippen molar-refractivity contribution >= 4 is 5.69 Å². The maximum atomic E-state index is 10.7. The second kappa shape index (κ2) is 5.65. The molecule has 1 aliphatic rings. The van der Waals surface area contributed by atoms with Gasteiger partial charge in [-0.3, -0.25) is 10.1 Å². The molecular weight excluding hydrogens is 314 g/mol. The molecule has 2 aromatic carbocycles. The molecular formula is C16H11N3O5. The zero-order valence-electron chi connectivity index (χ0n) is 12.3. The summed E-state index contributed by atoms with van der Waals surface area (Å²) < 4.78 is 16.7. The average Bonchev–Trinajstić information content (AvgIpc) is 3.11. The Hall–Kier alpha value is -3.42. The molecule has 24 heavy (non-hydrogen) atoms. The maximum absolute atomic E-state index is 10.7. The van der Waals surface area contributed by atoms with Gasteiger partial charge in [-0.2, -0.15) is 0 Å². The van der Waals surface area contributed by atoms with Crippen LogP contribution in [0.25, 0.3) is 22.9 Å². The van der Waals surface area contributed by atoms with Gasteiger partial charge in [0.05, 0.1) is 4.92 Å². The summed E-state index contributed by atoms with van der Waals surface area (Å²) in [6, 6.07) is 11.3. The van der Waals surface area contributed by atoms with E-state index in [1.165, 1.54) is 12.1 Å². The Labute approximate surface area is 135 Å². The summed E-state index contributed by atoms with van der Waals surface area (Å²) >= 11 is 0. The van der Waals surface area contributed by atoms with Crippen molar-refractivity contribution < 1.29 is 18.8 Å². The minimum Gasteiger partial charge on any atom is -0.486 e. The number of ether oxygens (including phenoxy) is 2. The van der Waals surface area contributed by atoms with Crippen LogP contribution >= 0.6 is 0 Å². The van der Waals surface area contributed by atoms with E-state index in [-0.39, 0.29) is 11.6 Å². The summed E-state index contributed by atoms with van der Waals surface area (Å²) in [6.45, 7) is 1.02. The highest BCUT2D eigenvalue weighted by Gasteiger charge is 2.16. The van der Waals surface area contributed by atoms with E-state index in [9.17, 15) is 10.1 Å². The Kier molecular flexibility index (Phi) is 3.34. The number of non-ortho nitro benzene ring substituents is 1. The number of rotatable bonds is 3. The highest BCUT2D eigenvalue weighted by molar-refractivity contribution is 5.62. The van der Waals surface area contributed by atoms with Gasteiger partial charge in [-0.05, 0) is 30.3 Å². The summed E-state index contributed by atoms with van der Waals surface area (Å²) in [5.41, 5.74) is 1.32. The normalized spacial score (nSPS) is 12.8. The molecule has 8 nitrogen and oxygen atoms in total. The van der Waals surface area contributed by atoms with E-state index < -0.39 is 4.92 Å². The molecule has 0 amide bonds. The maximum Gasteiger partial charge on any atom is 0.269 e. The molecule has 0 saturated heterocycles. The van der Waals surface area contributed by atoms with E-state index in [1.807, 2.05) is 0 Å². The molecule has 0 spiro atoms. The largest absolute Gasteiger partial charge is 0.486 e. The Bertz CT molecular complexity index is 904. The minimum atomic E-state index is -0.460. The zero-order chi connectivity index (χ0) is 16.5. The number of nitro benzene ring substituents is 1. The third-order valence-corrected chi connectivity index (χ3v) is 3.54. The molecule has 8 heteroatoms. The number of hydrogen-bond donors (Lipinski definition) is 0. The average molecular weight is 325 g/mol. The highest BCUT2D eigenvalue weighted by atomic mass is 16.6. The van der Waals surface area contributed by atoms with Crippen LogP contribution in [0.15, 0.2) is 46.9 Å². The van der Waals surface area contributed by atoms with E-state index in [0.717, 1.165) is 0 Å². The quantitative estimate of drug-likeness (QED) is 0.538. The molecule has 4 rings (SSSR count). The first kappa shape index (κ1) is 14.2. The third kappa shape index (κ3) is 2.54. The molecule has 0 bridgehead atoms. The topological polar surface area (TPSA) is 101 Å². The third-order valence-electron chi connectivity index (χ3n) is 3.54. The molecule has 1 aliphatic heterocycles. The van der Waals surface area contributed by atoms with Gasteiger partial charge in [-0.1, -0.05) is 0 Å². The molecule has 0 fully saturated rings.